The van der Waals surface area contributed by atoms with Gasteiger partial charge in [0, 0.05) is 24.1 Å². The van der Waals surface area contributed by atoms with Gasteiger partial charge in [0.15, 0.2) is 0 Å². The van der Waals surface area contributed by atoms with Crippen LogP contribution in [0, 0.1) is 6.92 Å². The van der Waals surface area contributed by atoms with Crippen LogP contribution in [0.25, 0.3) is 11.5 Å². The third-order valence-corrected chi connectivity index (χ3v) is 6.65. The van der Waals surface area contributed by atoms with Gasteiger partial charge in [-0.15, -0.1) is 0 Å². The molecule has 0 aliphatic carbocycles. The molecule has 0 atom stereocenters. The molecule has 2 aromatic carbocycles. The molecule has 1 aliphatic rings. The molecular formula is C24H25N3O5S. The number of rotatable bonds is 9. The number of esters is 1. The molecule has 0 amide bonds. The first kappa shape index (κ1) is 22.7. The first-order chi connectivity index (χ1) is 15.9. The predicted octanol–water partition coefficient (Wildman–Crippen LogP) is 3.99. The molecule has 2 heterocycles. The number of unbranched alkanes of at least 4 members (excludes halogenated alkanes) is 2. The van der Waals surface area contributed by atoms with Crippen molar-refractivity contribution in [3.8, 4) is 11.5 Å². The van der Waals surface area contributed by atoms with Crippen molar-refractivity contribution in [2.24, 2.45) is 4.99 Å². The molecule has 0 saturated carbocycles. The highest BCUT2D eigenvalue weighted by molar-refractivity contribution is 7.90. The molecule has 1 aromatic heterocycles. The van der Waals surface area contributed by atoms with Crippen molar-refractivity contribution in [1.82, 2.24) is 9.71 Å². The van der Waals surface area contributed by atoms with Gasteiger partial charge in [0.05, 0.1) is 4.90 Å². The normalized spacial score (nSPS) is 15.2. The summed E-state index contributed by atoms with van der Waals surface area (Å²) in [6.45, 7) is 2.35. The highest BCUT2D eigenvalue weighted by atomic mass is 32.2. The number of benzene rings is 2. The molecule has 3 aromatic rings. The number of hydrogen-bond donors (Lipinski definition) is 1. The van der Waals surface area contributed by atoms with E-state index in [4.69, 9.17) is 9.15 Å². The predicted molar refractivity (Wildman–Crippen MR) is 123 cm³/mol. The summed E-state index contributed by atoms with van der Waals surface area (Å²) in [4.78, 5) is 21.1. The molecule has 0 radical (unpaired) electrons. The van der Waals surface area contributed by atoms with Crippen molar-refractivity contribution in [2.45, 2.75) is 44.1 Å². The monoisotopic (exact) mass is 467 g/mol. The van der Waals surface area contributed by atoms with E-state index in [2.05, 4.69) is 14.7 Å². The first-order valence-corrected chi connectivity index (χ1v) is 12.3. The molecule has 0 unspecified atom stereocenters. The van der Waals surface area contributed by atoms with E-state index in [-0.39, 0.29) is 17.5 Å². The van der Waals surface area contributed by atoms with Crippen molar-refractivity contribution >= 4 is 21.8 Å². The number of aryl methyl sites for hydroxylation is 1. The molecule has 0 spiro atoms. The molecule has 172 valence electrons. The van der Waals surface area contributed by atoms with E-state index in [0.29, 0.717) is 48.1 Å². The van der Waals surface area contributed by atoms with Crippen LogP contribution in [0.1, 0.15) is 42.7 Å². The van der Waals surface area contributed by atoms with Crippen molar-refractivity contribution in [2.75, 3.05) is 6.54 Å². The zero-order valence-electron chi connectivity index (χ0n) is 18.3. The van der Waals surface area contributed by atoms with E-state index in [1.54, 1.807) is 31.2 Å². The van der Waals surface area contributed by atoms with Gasteiger partial charge < -0.3 is 9.15 Å². The van der Waals surface area contributed by atoms with Crippen LogP contribution in [0.4, 0.5) is 0 Å². The van der Waals surface area contributed by atoms with Crippen molar-refractivity contribution < 1.29 is 22.4 Å². The van der Waals surface area contributed by atoms with Crippen LogP contribution in [0.5, 0.6) is 0 Å². The molecule has 9 heteroatoms. The Morgan fingerprint density at radius 3 is 2.64 bits per heavy atom. The minimum Gasteiger partial charge on any atom is -0.459 e. The van der Waals surface area contributed by atoms with E-state index in [0.717, 1.165) is 18.4 Å². The van der Waals surface area contributed by atoms with Gasteiger partial charge in [0.1, 0.15) is 23.9 Å². The second-order valence-electron chi connectivity index (χ2n) is 7.69. The molecule has 1 N–H and O–H groups in total. The lowest BCUT2D eigenvalue weighted by molar-refractivity contribution is -0.145. The Balaban J connectivity index is 1.18. The summed E-state index contributed by atoms with van der Waals surface area (Å²) in [6, 6.07) is 16.3. The number of sulfonamides is 1. The maximum atomic E-state index is 12.1. The van der Waals surface area contributed by atoms with Gasteiger partial charge in [-0.3, -0.25) is 14.5 Å². The number of fused-ring (bicyclic) bond motifs is 1. The summed E-state index contributed by atoms with van der Waals surface area (Å²) in [5.74, 6) is 1.23. The minimum atomic E-state index is -3.51. The van der Waals surface area contributed by atoms with Gasteiger partial charge in [-0.1, -0.05) is 36.8 Å². The molecule has 0 fully saturated rings. The minimum absolute atomic E-state index is 0.0776. The summed E-state index contributed by atoms with van der Waals surface area (Å²) in [5, 5.41) is 0. The molecule has 1 aliphatic heterocycles. The van der Waals surface area contributed by atoms with Gasteiger partial charge in [-0.2, -0.15) is 0 Å². The van der Waals surface area contributed by atoms with E-state index in [1.165, 1.54) is 0 Å². The quantitative estimate of drug-likeness (QED) is 0.376. The van der Waals surface area contributed by atoms with Crippen LogP contribution in [-0.2, 0) is 26.2 Å². The van der Waals surface area contributed by atoms with Crippen LogP contribution in [0.3, 0.4) is 0 Å². The number of nitrogens with one attached hydrogen (secondary N) is 1. The Morgan fingerprint density at radius 1 is 1.06 bits per heavy atom. The van der Waals surface area contributed by atoms with Crippen LogP contribution in [0.2, 0.25) is 0 Å². The Hall–Kier alpha value is -3.46. The SMILES string of the molecule is Cc1oc(-c2ccccc2)nc1COC(=O)CCCCCN=C1NS(=O)(=O)c2ccccc21. The smallest absolute Gasteiger partial charge is 0.306 e. The Morgan fingerprint density at radius 2 is 1.82 bits per heavy atom. The highest BCUT2D eigenvalue weighted by Crippen LogP contribution is 2.23. The number of oxazole rings is 1. The third-order valence-electron chi connectivity index (χ3n) is 5.25. The molecule has 4 rings (SSSR count). The van der Waals surface area contributed by atoms with Gasteiger partial charge in [0.25, 0.3) is 10.0 Å². The van der Waals surface area contributed by atoms with Crippen LogP contribution >= 0.6 is 0 Å². The number of carbonyl (C=O) groups is 1. The lowest BCUT2D eigenvalue weighted by Gasteiger charge is -2.03. The summed E-state index contributed by atoms with van der Waals surface area (Å²) in [6.07, 6.45) is 2.48. The zero-order chi connectivity index (χ0) is 23.3. The zero-order valence-corrected chi connectivity index (χ0v) is 19.1. The number of nitrogens with zero attached hydrogens (tertiary/aromatic N) is 2. The summed E-state index contributed by atoms with van der Waals surface area (Å²) >= 11 is 0. The fourth-order valence-electron chi connectivity index (χ4n) is 3.49. The van der Waals surface area contributed by atoms with Gasteiger partial charge in [-0.05, 0) is 44.0 Å². The fourth-order valence-corrected chi connectivity index (χ4v) is 4.74. The number of aromatic nitrogens is 1. The van der Waals surface area contributed by atoms with Gasteiger partial charge in [0.2, 0.25) is 5.89 Å². The molecule has 33 heavy (non-hydrogen) atoms. The summed E-state index contributed by atoms with van der Waals surface area (Å²) in [5.41, 5.74) is 2.08. The number of hydrogen-bond acceptors (Lipinski definition) is 7. The number of amidine groups is 1. The number of ether oxygens (including phenoxy) is 1. The number of aliphatic imine (C=N–C) groups is 1. The van der Waals surface area contributed by atoms with Gasteiger partial charge in [-0.25, -0.2) is 13.4 Å². The lowest BCUT2D eigenvalue weighted by atomic mass is 10.2. The van der Waals surface area contributed by atoms with Crippen LogP contribution < -0.4 is 4.72 Å². The second kappa shape index (κ2) is 9.99. The maximum absolute atomic E-state index is 12.1. The topological polar surface area (TPSA) is 111 Å². The van der Waals surface area contributed by atoms with E-state index in [1.807, 2.05) is 30.3 Å². The first-order valence-electron chi connectivity index (χ1n) is 10.8. The summed E-state index contributed by atoms with van der Waals surface area (Å²) < 4.78 is 37.7. The maximum Gasteiger partial charge on any atom is 0.306 e. The Bertz CT molecular complexity index is 1270. The largest absolute Gasteiger partial charge is 0.459 e. The Kier molecular flexibility index (Phi) is 6.88. The fraction of sp³-hybridized carbons (Fsp3) is 0.292. The van der Waals surface area contributed by atoms with Crippen molar-refractivity contribution in [3.05, 3.63) is 71.6 Å². The van der Waals surface area contributed by atoms with E-state index >= 15 is 0 Å². The van der Waals surface area contributed by atoms with Crippen LogP contribution in [0.15, 0.2) is 68.9 Å². The summed E-state index contributed by atoms with van der Waals surface area (Å²) in [7, 11) is -3.51. The van der Waals surface area contributed by atoms with Gasteiger partial charge >= 0.3 is 5.97 Å². The number of carbonyl (C=O) groups excluding carboxylic acids is 1. The Labute approximate surface area is 192 Å². The van der Waals surface area contributed by atoms with E-state index in [9.17, 15) is 13.2 Å². The molecule has 0 bridgehead atoms. The average Bonchev–Trinajstić information content (AvgIpc) is 3.32. The van der Waals surface area contributed by atoms with Crippen molar-refractivity contribution in [1.29, 1.82) is 0 Å². The average molecular weight is 468 g/mol. The molecular weight excluding hydrogens is 442 g/mol. The highest BCUT2D eigenvalue weighted by Gasteiger charge is 2.29. The van der Waals surface area contributed by atoms with Crippen LogP contribution in [-0.4, -0.2) is 31.8 Å². The molecule has 0 saturated heterocycles. The van der Waals surface area contributed by atoms with E-state index < -0.39 is 10.0 Å². The standard InChI is InChI=1S/C24H25N3O5S/c1-17-20(26-24(32-17)18-10-4-2-5-11-18)16-31-22(28)14-6-3-9-15-25-23-19-12-7-8-13-21(19)33(29,30)27-23/h2,4-5,7-8,10-13H,3,6,9,14-16H2,1H3,(H,25,27). The molecule has 8 nitrogen and oxygen atoms in total. The second-order valence-corrected chi connectivity index (χ2v) is 9.34. The van der Waals surface area contributed by atoms with Crippen molar-refractivity contribution in [3.63, 3.8) is 0 Å². The lowest BCUT2D eigenvalue weighted by Crippen LogP contribution is -2.22. The third kappa shape index (κ3) is 5.48.